The molecule has 2 N–H and O–H groups in total. The molecule has 0 amide bonds. The molecule has 0 radical (unpaired) electrons. The normalized spacial score (nSPS) is 11.6. The van der Waals surface area contributed by atoms with Crippen LogP contribution in [0, 0.1) is 0 Å². The molecule has 8 rings (SSSR count). The summed E-state index contributed by atoms with van der Waals surface area (Å²) in [6.07, 6.45) is 0. The van der Waals surface area contributed by atoms with Crippen molar-refractivity contribution in [3.8, 4) is 11.5 Å². The van der Waals surface area contributed by atoms with Crippen LogP contribution >= 0.6 is 0 Å². The topological polar surface area (TPSA) is 285 Å². The Morgan fingerprint density at radius 2 is 0.887 bits per heavy atom. The van der Waals surface area contributed by atoms with Crippen LogP contribution in [-0.2, 0) is 20.2 Å². The molecule has 0 bridgehead atoms. The fraction of sp³-hybridized carbons (Fsp3) is 0. The second-order valence-electron chi connectivity index (χ2n) is 12.8. The maximum Gasteiger partial charge on any atom is 2.00 e. The van der Waals surface area contributed by atoms with E-state index in [1.54, 1.807) is 97.1 Å². The Morgan fingerprint density at radius 3 is 1.31 bits per heavy atom. The average molecular weight is 1020 g/mol. The van der Waals surface area contributed by atoms with Gasteiger partial charge in [-0.15, -0.1) is 10.2 Å². The van der Waals surface area contributed by atoms with Crippen molar-refractivity contribution < 1.29 is 56.0 Å². The van der Waals surface area contributed by atoms with Gasteiger partial charge in [0.1, 0.15) is 26.4 Å². The molecule has 8 aromatic carbocycles. The van der Waals surface area contributed by atoms with Gasteiger partial charge in [-0.1, -0.05) is 121 Å². The van der Waals surface area contributed by atoms with Gasteiger partial charge < -0.3 is 29.8 Å². The first-order valence-corrected chi connectivity index (χ1v) is 20.1. The number of benzene rings is 8. The van der Waals surface area contributed by atoms with E-state index in [1.807, 2.05) is 0 Å². The number of rotatable bonds is 8. The first-order chi connectivity index (χ1) is 28.5. The van der Waals surface area contributed by atoms with Crippen LogP contribution in [0.3, 0.4) is 0 Å². The molecule has 0 unspecified atom stereocenters. The van der Waals surface area contributed by atoms with Gasteiger partial charge in [-0.25, -0.2) is 13.2 Å². The molecule has 300 valence electrons. The van der Waals surface area contributed by atoms with Crippen molar-refractivity contribution >= 4 is 185 Å². The van der Waals surface area contributed by atoms with Crippen molar-refractivity contribution in [1.82, 2.24) is 0 Å². The van der Waals surface area contributed by atoms with Crippen molar-refractivity contribution in [1.29, 1.82) is 0 Å². The van der Waals surface area contributed by atoms with Crippen molar-refractivity contribution in [2.24, 2.45) is 20.5 Å². The molecule has 62 heavy (non-hydrogen) atoms. The minimum Gasteiger partial charge on any atom is -0.871 e. The molecule has 0 aliphatic rings. The number of hydrogen-bond acceptors (Lipinski definition) is 14. The number of nitrogens with zero attached hydrogens (tertiary/aromatic N) is 4. The number of hydrogen-bond donors (Lipinski definition) is 2. The smallest absolute Gasteiger partial charge is 0.871 e. The standard InChI is InChI=1S/2C21H14N2O6S.Ba.Ca/c2*24-19-16(21(25)26)11-13-6-2-3-7-14(13)18(19)23-22-17-10-9-12-5-1-4-8-15(12)20(17)30(27,28)29;;/h2*1-11,24H,(H,25,26)(H,27,28,29);;/q;;2*+2/p-4. The summed E-state index contributed by atoms with van der Waals surface area (Å²) in [5.74, 6) is -4.86. The minimum atomic E-state index is -4.92. The minimum absolute atomic E-state index is 0. The maximum absolute atomic E-state index is 12.6. The van der Waals surface area contributed by atoms with Crippen LogP contribution < -0.4 is 15.3 Å². The summed E-state index contributed by atoms with van der Waals surface area (Å²) >= 11 is 0. The van der Waals surface area contributed by atoms with E-state index in [0.29, 0.717) is 32.3 Å². The largest absolute Gasteiger partial charge is 2.00 e. The number of carbonyl (C=O) groups excluding carboxylic acids is 1. The molecule has 0 atom stereocenters. The van der Waals surface area contributed by atoms with Crippen LogP contribution in [0.2, 0.25) is 0 Å². The molecule has 0 aliphatic carbocycles. The molecule has 20 heteroatoms. The number of carbonyl (C=O) groups is 2. The molecule has 0 saturated carbocycles. The van der Waals surface area contributed by atoms with Gasteiger partial charge in [0.15, 0.2) is 0 Å². The van der Waals surface area contributed by atoms with Gasteiger partial charge in [0.05, 0.1) is 27.8 Å². The van der Waals surface area contributed by atoms with Gasteiger partial charge >= 0.3 is 92.6 Å². The molecule has 0 fully saturated rings. The monoisotopic (exact) mass is 1020 g/mol. The molecule has 16 nitrogen and oxygen atoms in total. The SMILES string of the molecule is O=C(O)c1cc2ccccc2c(N=Nc2ccc3ccccc3c2S(=O)(=O)O)c1[O-].O=C([O-])c1cc2ccccc2c(N=Nc2ccc3ccccc3c2S(=O)(=O)[O-])c1[O-].[Ba+2].[Ca+2]. The Hall–Kier alpha value is -4.81. The Morgan fingerprint density at radius 1 is 0.516 bits per heavy atom. The third-order valence-electron chi connectivity index (χ3n) is 9.14. The van der Waals surface area contributed by atoms with E-state index in [1.165, 1.54) is 36.4 Å². The third kappa shape index (κ3) is 10.0. The molecule has 0 aromatic heterocycles. The summed E-state index contributed by atoms with van der Waals surface area (Å²) in [7, 11) is -9.59. The van der Waals surface area contributed by atoms with Crippen molar-refractivity contribution in [3.63, 3.8) is 0 Å². The fourth-order valence-corrected chi connectivity index (χ4v) is 8.15. The zero-order valence-electron chi connectivity index (χ0n) is 31.7. The number of azo groups is 2. The van der Waals surface area contributed by atoms with Crippen molar-refractivity contribution in [2.45, 2.75) is 9.79 Å². The van der Waals surface area contributed by atoms with Crippen LogP contribution in [0.4, 0.5) is 22.7 Å². The predicted octanol–water partition coefficient (Wildman–Crippen LogP) is 6.41. The Kier molecular flexibility index (Phi) is 15.3. The van der Waals surface area contributed by atoms with Crippen LogP contribution in [-0.4, -0.2) is 130 Å². The van der Waals surface area contributed by atoms with Crippen LogP contribution in [0.1, 0.15) is 20.7 Å². The summed E-state index contributed by atoms with van der Waals surface area (Å²) < 4.78 is 69.5. The fourth-order valence-electron chi connectivity index (χ4n) is 6.49. The summed E-state index contributed by atoms with van der Waals surface area (Å²) in [6.45, 7) is 0. The number of fused-ring (bicyclic) bond motifs is 4. The summed E-state index contributed by atoms with van der Waals surface area (Å²) in [4.78, 5) is 21.7. The Bertz CT molecular complexity index is 3160. The van der Waals surface area contributed by atoms with Gasteiger partial charge in [-0.2, -0.15) is 18.6 Å². The van der Waals surface area contributed by atoms with Gasteiger partial charge in [0.2, 0.25) is 0 Å². The summed E-state index contributed by atoms with van der Waals surface area (Å²) in [5.41, 5.74) is -2.05. The number of carboxylic acid groups (broad SMARTS) is 2. The number of carboxylic acids is 2. The van der Waals surface area contributed by atoms with Crippen LogP contribution in [0.25, 0.3) is 43.1 Å². The second kappa shape index (κ2) is 19.7. The van der Waals surface area contributed by atoms with Crippen molar-refractivity contribution in [3.05, 3.63) is 145 Å². The molecule has 0 heterocycles. The Balaban J connectivity index is 0.000000227. The quantitative estimate of drug-likeness (QED) is 0.0948. The first kappa shape index (κ1) is 48.2. The molecule has 8 aromatic rings. The second-order valence-corrected chi connectivity index (χ2v) is 15.5. The first-order valence-electron chi connectivity index (χ1n) is 17.2. The van der Waals surface area contributed by atoms with E-state index in [9.17, 15) is 56.0 Å². The molecule has 0 saturated heterocycles. The van der Waals surface area contributed by atoms with Crippen LogP contribution in [0.15, 0.2) is 164 Å². The van der Waals surface area contributed by atoms with Gasteiger partial charge in [0, 0.05) is 21.5 Å². The van der Waals surface area contributed by atoms with E-state index < -0.39 is 64.6 Å². The molecule has 0 aliphatic heterocycles. The third-order valence-corrected chi connectivity index (χ3v) is 11.0. The zero-order chi connectivity index (χ0) is 42.9. The average Bonchev–Trinajstić information content (AvgIpc) is 3.21. The number of aromatic carboxylic acids is 2. The van der Waals surface area contributed by atoms with E-state index in [4.69, 9.17) is 0 Å². The Labute approximate surface area is 421 Å². The van der Waals surface area contributed by atoms with E-state index >= 15 is 0 Å². The molecular weight excluding hydrogens is 994 g/mol. The predicted molar refractivity (Wildman–Crippen MR) is 224 cm³/mol. The zero-order valence-corrected chi connectivity index (χ0v) is 40.0. The summed E-state index contributed by atoms with van der Waals surface area (Å²) in [5, 5.41) is 64.4. The molecule has 0 spiro atoms. The van der Waals surface area contributed by atoms with Crippen molar-refractivity contribution in [2.75, 3.05) is 0 Å². The van der Waals surface area contributed by atoms with Gasteiger partial charge in [-0.05, 0) is 51.4 Å². The van der Waals surface area contributed by atoms with Crippen LogP contribution in [0.5, 0.6) is 11.5 Å². The van der Waals surface area contributed by atoms with Gasteiger partial charge in [-0.3, -0.25) is 4.55 Å². The summed E-state index contributed by atoms with van der Waals surface area (Å²) in [6, 6.07) is 34.1. The van der Waals surface area contributed by atoms with E-state index in [-0.39, 0.29) is 120 Å². The van der Waals surface area contributed by atoms with Gasteiger partial charge in [0.25, 0.3) is 10.1 Å². The maximum atomic E-state index is 12.6. The molecular formula is C42H24BaCaN4O12S2. The van der Waals surface area contributed by atoms with E-state index in [2.05, 4.69) is 20.5 Å². The van der Waals surface area contributed by atoms with E-state index in [0.717, 1.165) is 0 Å².